The maximum atomic E-state index is 2.59. The molecule has 2 aliphatic rings. The molecule has 0 saturated carbocycles. The Labute approximate surface area is 155 Å². The Bertz CT molecular complexity index is 573. The van der Waals surface area contributed by atoms with Crippen molar-refractivity contribution in [2.45, 2.75) is 38.4 Å². The number of rotatable bonds is 3. The third-order valence-corrected chi connectivity index (χ3v) is 6.79. The van der Waals surface area contributed by atoms with Gasteiger partial charge < -0.3 is 4.90 Å². The van der Waals surface area contributed by atoms with Crippen molar-refractivity contribution < 1.29 is 20.4 Å². The fourth-order valence-corrected chi connectivity index (χ4v) is 5.07. The van der Waals surface area contributed by atoms with Crippen LogP contribution in [0.2, 0.25) is 13.1 Å². The molecule has 121 valence electrons. The fourth-order valence-electron chi connectivity index (χ4n) is 3.32. The molecule has 23 heavy (non-hydrogen) atoms. The minimum Gasteiger partial charge on any atom is -0.371 e. The Kier molecular flexibility index (Phi) is 7.62. The Morgan fingerprint density at radius 3 is 2.39 bits per heavy atom. The SMILES string of the molecule is CC=CC=[CH][Ti].C[SiH](C)C1C=C(N2CCCC2)c2ccccc21. The van der Waals surface area contributed by atoms with Crippen LogP contribution in [0, 0.1) is 0 Å². The second-order valence-electron chi connectivity index (χ2n) is 6.49. The molecule has 0 N–H and O–H groups in total. The molecule has 1 aromatic carbocycles. The maximum Gasteiger partial charge on any atom is 0.0437 e. The quantitative estimate of drug-likeness (QED) is 0.550. The molecule has 1 saturated heterocycles. The third kappa shape index (κ3) is 4.82. The van der Waals surface area contributed by atoms with Gasteiger partial charge in [-0.05, 0) is 23.9 Å². The van der Waals surface area contributed by atoms with Gasteiger partial charge in [0.15, 0.2) is 0 Å². The van der Waals surface area contributed by atoms with E-state index >= 15 is 0 Å². The van der Waals surface area contributed by atoms with Crippen LogP contribution in [0.3, 0.4) is 0 Å². The van der Waals surface area contributed by atoms with Crippen molar-refractivity contribution >= 4 is 14.5 Å². The second-order valence-corrected chi connectivity index (χ2v) is 10.2. The average molecular weight is 358 g/mol. The van der Waals surface area contributed by atoms with E-state index in [1.54, 1.807) is 5.56 Å². The second kappa shape index (κ2) is 9.46. The molecule has 3 heteroatoms. The summed E-state index contributed by atoms with van der Waals surface area (Å²) in [6, 6.07) is 9.04. The van der Waals surface area contributed by atoms with E-state index < -0.39 is 8.80 Å². The zero-order chi connectivity index (χ0) is 16.7. The van der Waals surface area contributed by atoms with Gasteiger partial charge in [0.05, 0.1) is 0 Å². The largest absolute Gasteiger partial charge is 0.371 e. The molecule has 0 spiro atoms. The average Bonchev–Trinajstić information content (AvgIpc) is 3.20. The monoisotopic (exact) mass is 358 g/mol. The van der Waals surface area contributed by atoms with Gasteiger partial charge in [-0.3, -0.25) is 0 Å². The summed E-state index contributed by atoms with van der Waals surface area (Å²) in [7, 11) is -0.645. The number of hydrogen-bond acceptors (Lipinski definition) is 1. The van der Waals surface area contributed by atoms with E-state index in [1.165, 1.54) is 37.2 Å². The van der Waals surface area contributed by atoms with E-state index in [2.05, 4.69) is 48.3 Å². The molecule has 1 aromatic rings. The zero-order valence-corrected chi connectivity index (χ0v) is 17.3. The summed E-state index contributed by atoms with van der Waals surface area (Å²) >= 11 is 2.00. The molecule has 1 aliphatic carbocycles. The number of benzene rings is 1. The van der Waals surface area contributed by atoms with Crippen LogP contribution in [0.5, 0.6) is 0 Å². The van der Waals surface area contributed by atoms with Gasteiger partial charge in [0, 0.05) is 33.1 Å². The van der Waals surface area contributed by atoms with Crippen LogP contribution in [-0.4, -0.2) is 26.8 Å². The fraction of sp³-hybridized carbons (Fsp3) is 0.400. The van der Waals surface area contributed by atoms with E-state index in [0.717, 1.165) is 5.54 Å². The van der Waals surface area contributed by atoms with Crippen molar-refractivity contribution in [3.8, 4) is 0 Å². The normalized spacial score (nSPS) is 20.0. The van der Waals surface area contributed by atoms with Crippen molar-refractivity contribution in [2.75, 3.05) is 13.1 Å². The Morgan fingerprint density at radius 1 is 1.13 bits per heavy atom. The third-order valence-electron chi connectivity index (χ3n) is 4.50. The smallest absolute Gasteiger partial charge is 0.0437 e. The molecule has 3 rings (SSSR count). The summed E-state index contributed by atoms with van der Waals surface area (Å²) < 4.78 is 2.00. The molecule has 0 bridgehead atoms. The Morgan fingerprint density at radius 2 is 1.83 bits per heavy atom. The molecule has 0 radical (unpaired) electrons. The molecule has 1 fully saturated rings. The zero-order valence-electron chi connectivity index (χ0n) is 14.6. The van der Waals surface area contributed by atoms with Crippen molar-refractivity contribution in [2.24, 2.45) is 0 Å². The Hall–Kier alpha value is -0.829. The van der Waals surface area contributed by atoms with Gasteiger partial charge in [0.1, 0.15) is 0 Å². The summed E-state index contributed by atoms with van der Waals surface area (Å²) in [4.78, 5) is 2.59. The van der Waals surface area contributed by atoms with Crippen molar-refractivity contribution in [3.63, 3.8) is 0 Å². The van der Waals surface area contributed by atoms with Crippen molar-refractivity contribution in [3.05, 3.63) is 64.1 Å². The predicted octanol–water partition coefficient (Wildman–Crippen LogP) is 4.87. The van der Waals surface area contributed by atoms with Crippen molar-refractivity contribution in [1.29, 1.82) is 0 Å². The van der Waals surface area contributed by atoms with Crippen LogP contribution in [0.4, 0.5) is 0 Å². The molecule has 0 aromatic heterocycles. The van der Waals surface area contributed by atoms with E-state index in [9.17, 15) is 0 Å². The van der Waals surface area contributed by atoms with Crippen LogP contribution in [0.1, 0.15) is 36.4 Å². The van der Waals surface area contributed by atoms with Crippen molar-refractivity contribution in [1.82, 2.24) is 4.90 Å². The first kappa shape index (κ1) is 18.5. The number of hydrogen-bond donors (Lipinski definition) is 0. The van der Waals surface area contributed by atoms with E-state index in [4.69, 9.17) is 0 Å². The van der Waals surface area contributed by atoms with Gasteiger partial charge in [0.2, 0.25) is 0 Å². The molecule has 1 unspecified atom stereocenters. The summed E-state index contributed by atoms with van der Waals surface area (Å²) in [5, 5.41) is 0. The molecular weight excluding hydrogens is 330 g/mol. The van der Waals surface area contributed by atoms with E-state index in [-0.39, 0.29) is 0 Å². The van der Waals surface area contributed by atoms with Gasteiger partial charge in [-0.1, -0.05) is 43.4 Å². The predicted molar refractivity (Wildman–Crippen MR) is 101 cm³/mol. The summed E-state index contributed by atoms with van der Waals surface area (Å²) in [6.07, 6.45) is 11.3. The minimum atomic E-state index is -0.645. The molecule has 1 nitrogen and oxygen atoms in total. The Balaban J connectivity index is 0.000000277. The van der Waals surface area contributed by atoms with Gasteiger partial charge in [-0.2, -0.15) is 0 Å². The van der Waals surface area contributed by atoms with Gasteiger partial charge >= 0.3 is 50.0 Å². The minimum absolute atomic E-state index is 0.645. The number of likely N-dealkylation sites (tertiary alicyclic amines) is 1. The van der Waals surface area contributed by atoms with Crippen LogP contribution in [0.15, 0.2) is 53.0 Å². The molecule has 0 amide bonds. The first-order chi connectivity index (χ1) is 11.2. The number of nitrogens with zero attached hydrogens (tertiary/aromatic N) is 1. The van der Waals surface area contributed by atoms with Gasteiger partial charge in [-0.15, -0.1) is 0 Å². The first-order valence-electron chi connectivity index (χ1n) is 8.70. The van der Waals surface area contributed by atoms with E-state index in [1.807, 2.05) is 50.0 Å². The number of allylic oxidation sites excluding steroid dienone is 4. The van der Waals surface area contributed by atoms with Crippen LogP contribution >= 0.6 is 0 Å². The summed E-state index contributed by atoms with van der Waals surface area (Å²) in [5.74, 6) is 0. The first-order valence-corrected chi connectivity index (χ1v) is 12.6. The summed E-state index contributed by atoms with van der Waals surface area (Å²) in [5.41, 5.74) is 5.39. The molecule has 1 atom stereocenters. The van der Waals surface area contributed by atoms with Crippen LogP contribution in [-0.2, 0) is 20.4 Å². The van der Waals surface area contributed by atoms with Gasteiger partial charge in [0.25, 0.3) is 0 Å². The van der Waals surface area contributed by atoms with Crippen LogP contribution < -0.4 is 0 Å². The number of fused-ring (bicyclic) bond motifs is 1. The standard InChI is InChI=1S/C15H21NSi.C5H7.Ti/c1-17(2)15-11-14(16-9-5-6-10-16)12-7-3-4-8-13(12)15;1-3-5-4-2;/h3-4,7-8,11,15,17H,5-6,9-10H2,1-2H3;1,3-5H,2H3;. The topological polar surface area (TPSA) is 3.24 Å². The van der Waals surface area contributed by atoms with Crippen LogP contribution in [0.25, 0.3) is 5.70 Å². The molecular formula is C20H28NSiTi. The maximum absolute atomic E-state index is 2.59. The van der Waals surface area contributed by atoms with Gasteiger partial charge in [-0.25, -0.2) is 0 Å². The molecule has 1 heterocycles. The van der Waals surface area contributed by atoms with E-state index in [0.29, 0.717) is 0 Å². The summed E-state index contributed by atoms with van der Waals surface area (Å²) in [6.45, 7) is 9.44. The molecule has 1 aliphatic heterocycles.